The van der Waals surface area contributed by atoms with Crippen molar-refractivity contribution in [2.75, 3.05) is 4.90 Å². The first-order chi connectivity index (χ1) is 39.7. The third kappa shape index (κ3) is 6.70. The van der Waals surface area contributed by atoms with Crippen LogP contribution in [0.2, 0.25) is 0 Å². The van der Waals surface area contributed by atoms with Gasteiger partial charge in [0.2, 0.25) is 0 Å². The third-order valence-electron chi connectivity index (χ3n) is 16.4. The van der Waals surface area contributed by atoms with Gasteiger partial charge in [-0.05, 0) is 116 Å². The van der Waals surface area contributed by atoms with Crippen LogP contribution in [0.5, 0.6) is 0 Å². The molecule has 0 aliphatic rings. The smallest absolute Gasteiger partial charge is 0.162 e. The molecule has 0 amide bonds. The molecule has 0 N–H and O–H groups in total. The molecule has 0 fully saturated rings. The van der Waals surface area contributed by atoms with Gasteiger partial charge >= 0.3 is 0 Å². The normalized spacial score (nSPS) is 12.0. The number of nitrogens with zero attached hydrogens (tertiary/aromatic N) is 5. The van der Waals surface area contributed by atoms with Crippen LogP contribution in [0.25, 0.3) is 141 Å². The summed E-state index contributed by atoms with van der Waals surface area (Å²) in [7, 11) is 0. The number of thiophene rings is 1. The van der Waals surface area contributed by atoms with E-state index in [0.29, 0.717) is 5.82 Å². The van der Waals surface area contributed by atoms with Crippen molar-refractivity contribution in [3.8, 4) is 34.2 Å². The molecule has 0 aliphatic heterocycles. The lowest BCUT2D eigenvalue weighted by Gasteiger charge is -2.26. The zero-order valence-corrected chi connectivity index (χ0v) is 43.9. The van der Waals surface area contributed by atoms with Crippen LogP contribution in [0.1, 0.15) is 0 Å². The van der Waals surface area contributed by atoms with E-state index in [1.165, 1.54) is 90.5 Å². The SMILES string of the molecule is c1ccc(-c2cc(-n3c4ccc(N(c5ccccc5)c5cccc(-n6c7ccccc7c7ccccc76)c5)cc4c4c5ccccc5c5c6cc7c8ccccc8c8ccccc8c7cc6sc5c43)nc(-c3ccccc3)n2)cc1. The maximum atomic E-state index is 5.60. The summed E-state index contributed by atoms with van der Waals surface area (Å²) in [6.45, 7) is 0. The summed E-state index contributed by atoms with van der Waals surface area (Å²) in [5.41, 5.74) is 11.6. The van der Waals surface area contributed by atoms with Gasteiger partial charge in [0.15, 0.2) is 5.82 Å². The van der Waals surface area contributed by atoms with Gasteiger partial charge < -0.3 is 9.47 Å². The second-order valence-electron chi connectivity index (χ2n) is 20.8. The van der Waals surface area contributed by atoms with Gasteiger partial charge in [-0.3, -0.25) is 4.57 Å². The van der Waals surface area contributed by atoms with Gasteiger partial charge in [0.25, 0.3) is 0 Å². The lowest BCUT2D eigenvalue weighted by atomic mass is 9.92. The van der Waals surface area contributed by atoms with Crippen molar-refractivity contribution in [2.45, 2.75) is 0 Å². The minimum atomic E-state index is 0.672. The molecule has 4 heterocycles. The Kier molecular flexibility index (Phi) is 9.81. The first kappa shape index (κ1) is 44.7. The number of fused-ring (bicyclic) bond motifs is 19. The first-order valence-electron chi connectivity index (χ1n) is 27.2. The van der Waals surface area contributed by atoms with Crippen LogP contribution in [0.15, 0.2) is 273 Å². The van der Waals surface area contributed by atoms with Gasteiger partial charge in [-0.15, -0.1) is 11.3 Å². The number of aromatic nitrogens is 4. The summed E-state index contributed by atoms with van der Waals surface area (Å²) in [5.74, 6) is 1.48. The Balaban J connectivity index is 0.990. The fourth-order valence-corrected chi connectivity index (χ4v) is 14.3. The van der Waals surface area contributed by atoms with E-state index in [0.717, 1.165) is 61.8 Å². The zero-order chi connectivity index (χ0) is 52.4. The molecule has 0 saturated heterocycles. The van der Waals surface area contributed by atoms with E-state index in [9.17, 15) is 0 Å². The fourth-order valence-electron chi connectivity index (χ4n) is 13.0. The second-order valence-corrected chi connectivity index (χ2v) is 21.9. The molecule has 0 aliphatic carbocycles. The van der Waals surface area contributed by atoms with E-state index in [-0.39, 0.29) is 0 Å². The van der Waals surface area contributed by atoms with Crippen molar-refractivity contribution in [1.29, 1.82) is 0 Å². The van der Waals surface area contributed by atoms with Crippen LogP contribution in [0, 0.1) is 0 Å². The van der Waals surface area contributed by atoms with Crippen LogP contribution >= 0.6 is 11.3 Å². The second kappa shape index (κ2) is 17.6. The fraction of sp³-hybridized carbons (Fsp3) is 0. The molecule has 0 bridgehead atoms. The molecule has 0 unspecified atom stereocenters. The summed E-state index contributed by atoms with van der Waals surface area (Å²) in [6.07, 6.45) is 0. The Morgan fingerprint density at radius 2 is 0.825 bits per heavy atom. The lowest BCUT2D eigenvalue weighted by molar-refractivity contribution is 1.05. The number of hydrogen-bond acceptors (Lipinski definition) is 4. The van der Waals surface area contributed by atoms with Gasteiger partial charge in [0, 0.05) is 77.0 Å². The van der Waals surface area contributed by atoms with Crippen molar-refractivity contribution < 1.29 is 0 Å². The van der Waals surface area contributed by atoms with E-state index in [1.54, 1.807) is 0 Å². The molecule has 5 nitrogen and oxygen atoms in total. The van der Waals surface area contributed by atoms with Crippen LogP contribution in [0.3, 0.4) is 0 Å². The summed E-state index contributed by atoms with van der Waals surface area (Å²) in [6, 6.07) is 99.2. The lowest BCUT2D eigenvalue weighted by Crippen LogP contribution is -2.10. The maximum absolute atomic E-state index is 5.60. The number of para-hydroxylation sites is 3. The van der Waals surface area contributed by atoms with E-state index in [2.05, 4.69) is 281 Å². The first-order valence-corrected chi connectivity index (χ1v) is 28.0. The summed E-state index contributed by atoms with van der Waals surface area (Å²) >= 11 is 1.89. The molecule has 17 aromatic rings. The minimum Gasteiger partial charge on any atom is -0.310 e. The Bertz CT molecular complexity index is 5260. The summed E-state index contributed by atoms with van der Waals surface area (Å²) < 4.78 is 7.31. The monoisotopic (exact) mass is 1040 g/mol. The van der Waals surface area contributed by atoms with Crippen LogP contribution < -0.4 is 4.90 Å². The Labute approximate surface area is 463 Å². The van der Waals surface area contributed by atoms with E-state index in [1.807, 2.05) is 17.4 Å². The average molecular weight is 1040 g/mol. The standard InChI is InChI=1S/C74H45N5S/c1-4-21-46(22-5-1)64-45-69(76-74(75-64)47-23-6-2-7-24-47)79-67-40-39-51(77(48-25-8-3-9-26-48)49-27-20-28-50(41-49)78-65-37-18-16-33-56(65)57-34-17-19-38-66(57)78)42-62(67)70-58-35-14-15-36-59(58)71-63-43-60-54-31-12-10-29-52(54)53-30-11-13-32-55(53)61(60)44-68(63)80-73(71)72(70)79/h1-45H. The molecule has 4 aromatic heterocycles. The van der Waals surface area contributed by atoms with Crippen molar-refractivity contribution in [3.63, 3.8) is 0 Å². The molecule has 13 aromatic carbocycles. The molecule has 6 heteroatoms. The number of rotatable bonds is 7. The van der Waals surface area contributed by atoms with E-state index < -0.39 is 0 Å². The highest BCUT2D eigenvalue weighted by molar-refractivity contribution is 7.27. The number of hydrogen-bond donors (Lipinski definition) is 0. The summed E-state index contributed by atoms with van der Waals surface area (Å²) in [4.78, 5) is 13.3. The van der Waals surface area contributed by atoms with Gasteiger partial charge in [0.05, 0.1) is 32.5 Å². The van der Waals surface area contributed by atoms with Gasteiger partial charge in [-0.25, -0.2) is 9.97 Å². The molecule has 372 valence electrons. The quantitative estimate of drug-likeness (QED) is 0.149. The minimum absolute atomic E-state index is 0.672. The van der Waals surface area contributed by atoms with Gasteiger partial charge in [-0.2, -0.15) is 0 Å². The third-order valence-corrected chi connectivity index (χ3v) is 17.6. The maximum Gasteiger partial charge on any atom is 0.162 e. The molecule has 80 heavy (non-hydrogen) atoms. The van der Waals surface area contributed by atoms with E-state index >= 15 is 0 Å². The molecule has 0 saturated carbocycles. The summed E-state index contributed by atoms with van der Waals surface area (Å²) in [5, 5.41) is 17.3. The predicted molar refractivity (Wildman–Crippen MR) is 339 cm³/mol. The van der Waals surface area contributed by atoms with E-state index in [4.69, 9.17) is 9.97 Å². The zero-order valence-electron chi connectivity index (χ0n) is 43.1. The van der Waals surface area contributed by atoms with Crippen LogP contribution in [-0.4, -0.2) is 19.1 Å². The Hall–Kier alpha value is -10.4. The van der Waals surface area contributed by atoms with Crippen LogP contribution in [0.4, 0.5) is 17.1 Å². The molecule has 17 rings (SSSR count). The Morgan fingerprint density at radius 1 is 0.312 bits per heavy atom. The van der Waals surface area contributed by atoms with Crippen molar-refractivity contribution in [3.05, 3.63) is 273 Å². The molecule has 0 radical (unpaired) electrons. The largest absolute Gasteiger partial charge is 0.310 e. The highest BCUT2D eigenvalue weighted by Gasteiger charge is 2.26. The molecule has 0 spiro atoms. The predicted octanol–water partition coefficient (Wildman–Crippen LogP) is 20.5. The highest BCUT2D eigenvalue weighted by atomic mass is 32.1. The number of anilines is 3. The average Bonchev–Trinajstić information content (AvgIpc) is 4.00. The van der Waals surface area contributed by atoms with Gasteiger partial charge in [0.1, 0.15) is 5.82 Å². The molecular weight excluding hydrogens is 991 g/mol. The van der Waals surface area contributed by atoms with Gasteiger partial charge in [-0.1, -0.05) is 194 Å². The van der Waals surface area contributed by atoms with Crippen LogP contribution in [-0.2, 0) is 0 Å². The van der Waals surface area contributed by atoms with Crippen molar-refractivity contribution in [2.24, 2.45) is 0 Å². The molecule has 0 atom stereocenters. The topological polar surface area (TPSA) is 38.9 Å². The Morgan fingerprint density at radius 3 is 1.49 bits per heavy atom. The number of benzene rings is 13. The highest BCUT2D eigenvalue weighted by Crippen LogP contribution is 2.51. The van der Waals surface area contributed by atoms with Crippen molar-refractivity contribution in [1.82, 2.24) is 19.1 Å². The van der Waals surface area contributed by atoms with Crippen molar-refractivity contribution >= 4 is 135 Å². The molecular formula is C74H45N5S.